The summed E-state index contributed by atoms with van der Waals surface area (Å²) in [4.78, 5) is 4.67. The number of nitrogens with two attached hydrogens (primary N) is 1. The minimum Gasteiger partial charge on any atom is -0.326 e. The monoisotopic (exact) mass is 237 g/mol. The molecule has 3 nitrogen and oxygen atoms in total. The van der Waals surface area contributed by atoms with Gasteiger partial charge in [0.2, 0.25) is 0 Å². The molecule has 0 spiro atoms. The van der Waals surface area contributed by atoms with Crippen LogP contribution >= 0.6 is 0 Å². The van der Waals surface area contributed by atoms with Gasteiger partial charge >= 0.3 is 0 Å². The quantitative estimate of drug-likeness (QED) is 0.744. The van der Waals surface area contributed by atoms with Crippen LogP contribution < -0.4 is 5.73 Å². The van der Waals surface area contributed by atoms with Gasteiger partial charge in [-0.2, -0.15) is 0 Å². The Morgan fingerprint density at radius 1 is 1.17 bits per heavy atom. The number of hydrogen-bond donors (Lipinski definition) is 1. The van der Waals surface area contributed by atoms with Crippen molar-refractivity contribution >= 4 is 5.65 Å². The van der Waals surface area contributed by atoms with E-state index in [4.69, 9.17) is 5.73 Å². The van der Waals surface area contributed by atoms with Crippen molar-refractivity contribution in [3.05, 3.63) is 59.9 Å². The number of pyridine rings is 1. The lowest BCUT2D eigenvalue weighted by molar-refractivity contribution is 1.04. The number of nitrogens with zero attached hydrogens (tertiary/aromatic N) is 2. The second-order valence-corrected chi connectivity index (χ2v) is 4.46. The number of benzene rings is 1. The van der Waals surface area contributed by atoms with E-state index in [1.54, 1.807) is 0 Å². The van der Waals surface area contributed by atoms with Crippen molar-refractivity contribution in [2.24, 2.45) is 5.73 Å². The second kappa shape index (κ2) is 4.27. The van der Waals surface area contributed by atoms with Crippen LogP contribution in [0.5, 0.6) is 0 Å². The van der Waals surface area contributed by atoms with Gasteiger partial charge in [-0.25, -0.2) is 4.98 Å². The second-order valence-electron chi connectivity index (χ2n) is 4.46. The Kier molecular flexibility index (Phi) is 2.61. The molecule has 2 aromatic heterocycles. The van der Waals surface area contributed by atoms with Gasteiger partial charge in [-0.05, 0) is 13.0 Å². The predicted octanol–water partition coefficient (Wildman–Crippen LogP) is 2.77. The standard InChI is InChI=1S/C15H15N3/c1-11-4-6-12(7-5-11)14-10-18-8-2-3-13(9-16)15(18)17-14/h2-8,10H,9,16H2,1H3. The summed E-state index contributed by atoms with van der Waals surface area (Å²) in [5.74, 6) is 0. The predicted molar refractivity (Wildman–Crippen MR) is 73.3 cm³/mol. The number of hydrogen-bond acceptors (Lipinski definition) is 2. The van der Waals surface area contributed by atoms with Gasteiger partial charge in [0.25, 0.3) is 0 Å². The number of aryl methyl sites for hydroxylation is 1. The molecular weight excluding hydrogens is 222 g/mol. The first kappa shape index (κ1) is 11.0. The van der Waals surface area contributed by atoms with Crippen molar-refractivity contribution in [2.45, 2.75) is 13.5 Å². The van der Waals surface area contributed by atoms with Crippen LogP contribution in [-0.2, 0) is 6.54 Å². The maximum atomic E-state index is 5.73. The van der Waals surface area contributed by atoms with Crippen molar-refractivity contribution in [2.75, 3.05) is 0 Å². The molecule has 3 aromatic rings. The van der Waals surface area contributed by atoms with Crippen LogP contribution in [0.15, 0.2) is 48.8 Å². The zero-order valence-corrected chi connectivity index (χ0v) is 10.3. The molecule has 2 N–H and O–H groups in total. The summed E-state index contributed by atoms with van der Waals surface area (Å²) >= 11 is 0. The van der Waals surface area contributed by atoms with E-state index in [-0.39, 0.29) is 0 Å². The summed E-state index contributed by atoms with van der Waals surface area (Å²) in [5.41, 5.74) is 11.1. The largest absolute Gasteiger partial charge is 0.326 e. The van der Waals surface area contributed by atoms with Crippen LogP contribution in [-0.4, -0.2) is 9.38 Å². The number of aromatic nitrogens is 2. The molecule has 3 heteroatoms. The normalized spacial score (nSPS) is 11.0. The van der Waals surface area contributed by atoms with Crippen molar-refractivity contribution in [1.29, 1.82) is 0 Å². The zero-order valence-electron chi connectivity index (χ0n) is 10.3. The molecule has 0 saturated heterocycles. The van der Waals surface area contributed by atoms with E-state index < -0.39 is 0 Å². The van der Waals surface area contributed by atoms with E-state index >= 15 is 0 Å². The number of fused-ring (bicyclic) bond motifs is 1. The van der Waals surface area contributed by atoms with E-state index in [0.717, 1.165) is 22.5 Å². The van der Waals surface area contributed by atoms with Gasteiger partial charge in [-0.15, -0.1) is 0 Å². The highest BCUT2D eigenvalue weighted by atomic mass is 15.0. The van der Waals surface area contributed by atoms with Crippen LogP contribution in [0.3, 0.4) is 0 Å². The minimum absolute atomic E-state index is 0.509. The third-order valence-corrected chi connectivity index (χ3v) is 3.13. The molecule has 0 fully saturated rings. The number of rotatable bonds is 2. The molecule has 0 aliphatic rings. The Morgan fingerprint density at radius 2 is 1.94 bits per heavy atom. The molecule has 0 radical (unpaired) electrons. The third kappa shape index (κ3) is 1.79. The fraction of sp³-hybridized carbons (Fsp3) is 0.133. The van der Waals surface area contributed by atoms with E-state index in [9.17, 15) is 0 Å². The molecule has 90 valence electrons. The summed E-state index contributed by atoms with van der Waals surface area (Å²) < 4.78 is 2.03. The summed E-state index contributed by atoms with van der Waals surface area (Å²) in [5, 5.41) is 0. The van der Waals surface area contributed by atoms with Gasteiger partial charge < -0.3 is 10.1 Å². The summed E-state index contributed by atoms with van der Waals surface area (Å²) in [6.45, 7) is 2.59. The Bertz CT molecular complexity index is 681. The Labute approximate surface area is 106 Å². The molecule has 1 aromatic carbocycles. The van der Waals surface area contributed by atoms with E-state index in [1.807, 2.05) is 28.9 Å². The SMILES string of the molecule is Cc1ccc(-c2cn3cccc(CN)c3n2)cc1. The Balaban J connectivity index is 2.16. The maximum absolute atomic E-state index is 5.73. The molecular formula is C15H15N3. The van der Waals surface area contributed by atoms with Gasteiger partial charge in [-0.3, -0.25) is 0 Å². The highest BCUT2D eigenvalue weighted by Crippen LogP contribution is 2.21. The highest BCUT2D eigenvalue weighted by molar-refractivity contribution is 5.64. The minimum atomic E-state index is 0.509. The van der Waals surface area contributed by atoms with Gasteiger partial charge in [-0.1, -0.05) is 35.9 Å². The van der Waals surface area contributed by atoms with E-state index in [2.05, 4.69) is 36.2 Å². The first-order chi connectivity index (χ1) is 8.78. The molecule has 0 saturated carbocycles. The topological polar surface area (TPSA) is 43.3 Å². The lowest BCUT2D eigenvalue weighted by Crippen LogP contribution is -1.99. The van der Waals surface area contributed by atoms with Crippen molar-refractivity contribution in [1.82, 2.24) is 9.38 Å². The van der Waals surface area contributed by atoms with Crippen LogP contribution in [0.25, 0.3) is 16.9 Å². The Hall–Kier alpha value is -2.13. The number of imidazole rings is 1. The fourth-order valence-corrected chi connectivity index (χ4v) is 2.09. The first-order valence-electron chi connectivity index (χ1n) is 6.01. The van der Waals surface area contributed by atoms with Crippen molar-refractivity contribution < 1.29 is 0 Å². The summed E-state index contributed by atoms with van der Waals surface area (Å²) in [7, 11) is 0. The van der Waals surface area contributed by atoms with Crippen LogP contribution in [0.2, 0.25) is 0 Å². The van der Waals surface area contributed by atoms with Gasteiger partial charge in [0, 0.05) is 30.1 Å². The van der Waals surface area contributed by atoms with Gasteiger partial charge in [0.1, 0.15) is 5.65 Å². The van der Waals surface area contributed by atoms with E-state index in [0.29, 0.717) is 6.54 Å². The molecule has 18 heavy (non-hydrogen) atoms. The smallest absolute Gasteiger partial charge is 0.141 e. The lowest BCUT2D eigenvalue weighted by Gasteiger charge is -1.98. The highest BCUT2D eigenvalue weighted by Gasteiger charge is 2.06. The van der Waals surface area contributed by atoms with Crippen molar-refractivity contribution in [3.8, 4) is 11.3 Å². The lowest BCUT2D eigenvalue weighted by atomic mass is 10.1. The average molecular weight is 237 g/mol. The third-order valence-electron chi connectivity index (χ3n) is 3.13. The molecule has 0 amide bonds. The summed E-state index contributed by atoms with van der Waals surface area (Å²) in [6, 6.07) is 12.4. The van der Waals surface area contributed by atoms with E-state index in [1.165, 1.54) is 5.56 Å². The van der Waals surface area contributed by atoms with Crippen molar-refractivity contribution in [3.63, 3.8) is 0 Å². The van der Waals surface area contributed by atoms with Gasteiger partial charge in [0.15, 0.2) is 0 Å². The molecule has 0 aliphatic heterocycles. The van der Waals surface area contributed by atoms with Gasteiger partial charge in [0.05, 0.1) is 5.69 Å². The zero-order chi connectivity index (χ0) is 12.5. The molecule has 3 rings (SSSR count). The maximum Gasteiger partial charge on any atom is 0.141 e. The molecule has 0 bridgehead atoms. The Morgan fingerprint density at radius 3 is 2.67 bits per heavy atom. The van der Waals surface area contributed by atoms with Crippen LogP contribution in [0.1, 0.15) is 11.1 Å². The average Bonchev–Trinajstić information content (AvgIpc) is 2.83. The molecule has 0 atom stereocenters. The first-order valence-corrected chi connectivity index (χ1v) is 6.01. The van der Waals surface area contributed by atoms with Crippen LogP contribution in [0.4, 0.5) is 0 Å². The molecule has 0 unspecified atom stereocenters. The van der Waals surface area contributed by atoms with Crippen LogP contribution in [0, 0.1) is 6.92 Å². The summed E-state index contributed by atoms with van der Waals surface area (Å²) in [6.07, 6.45) is 4.04. The molecule has 0 aliphatic carbocycles. The molecule has 2 heterocycles. The fourth-order valence-electron chi connectivity index (χ4n) is 2.09.